The zero-order valence-electron chi connectivity index (χ0n) is 14.9. The molecular formula is C19H23ClN2O3S. The number of anilines is 1. The Balaban J connectivity index is 2.03. The Labute approximate surface area is 160 Å². The fourth-order valence-electron chi connectivity index (χ4n) is 2.57. The number of nitrogens with one attached hydrogen (secondary N) is 1. The van der Waals surface area contributed by atoms with Gasteiger partial charge < -0.3 is 5.32 Å². The van der Waals surface area contributed by atoms with Gasteiger partial charge in [0.2, 0.25) is 15.9 Å². The summed E-state index contributed by atoms with van der Waals surface area (Å²) in [6.45, 7) is 2.01. The molecule has 0 saturated heterocycles. The van der Waals surface area contributed by atoms with Crippen molar-refractivity contribution < 1.29 is 13.2 Å². The van der Waals surface area contributed by atoms with Gasteiger partial charge in [0.15, 0.2) is 0 Å². The summed E-state index contributed by atoms with van der Waals surface area (Å²) in [5.74, 6) is -0.354. The topological polar surface area (TPSA) is 66.5 Å². The van der Waals surface area contributed by atoms with Crippen LogP contribution in [-0.4, -0.2) is 38.0 Å². The quantitative estimate of drug-likeness (QED) is 0.746. The fraction of sp³-hybridized carbons (Fsp3) is 0.316. The molecule has 0 spiro atoms. The molecule has 2 aromatic rings. The molecule has 2 rings (SSSR count). The molecule has 1 N–H and O–H groups in total. The van der Waals surface area contributed by atoms with Crippen molar-refractivity contribution in [2.75, 3.05) is 24.7 Å². The Kier molecular flexibility index (Phi) is 7.20. The number of sulfonamides is 1. The number of carbonyl (C=O) groups excluding carboxylic acids is 1. The van der Waals surface area contributed by atoms with Gasteiger partial charge in [0.05, 0.1) is 12.8 Å². The Bertz CT molecular complexity index is 851. The van der Waals surface area contributed by atoms with Crippen molar-refractivity contribution in [3.05, 3.63) is 64.7 Å². The van der Waals surface area contributed by atoms with Crippen LogP contribution in [-0.2, 0) is 27.7 Å². The highest BCUT2D eigenvalue weighted by molar-refractivity contribution is 7.88. The van der Waals surface area contributed by atoms with E-state index in [1.165, 1.54) is 4.31 Å². The van der Waals surface area contributed by atoms with Gasteiger partial charge in [-0.05, 0) is 42.2 Å². The average molecular weight is 395 g/mol. The van der Waals surface area contributed by atoms with E-state index in [9.17, 15) is 13.2 Å². The Morgan fingerprint density at radius 1 is 1.12 bits per heavy atom. The van der Waals surface area contributed by atoms with Crippen molar-refractivity contribution in [1.82, 2.24) is 4.31 Å². The second-order valence-corrected chi connectivity index (χ2v) is 8.45. The van der Waals surface area contributed by atoms with Gasteiger partial charge in [-0.2, -0.15) is 4.31 Å². The van der Waals surface area contributed by atoms with Gasteiger partial charge in [-0.1, -0.05) is 48.9 Å². The number of para-hydroxylation sites is 1. The number of benzene rings is 2. The summed E-state index contributed by atoms with van der Waals surface area (Å²) in [5.41, 5.74) is 2.68. The maximum Gasteiger partial charge on any atom is 0.239 e. The molecule has 0 fully saturated rings. The van der Waals surface area contributed by atoms with Crippen LogP contribution in [0.3, 0.4) is 0 Å². The first kappa shape index (κ1) is 20.4. The van der Waals surface area contributed by atoms with Crippen LogP contribution in [0, 0.1) is 0 Å². The van der Waals surface area contributed by atoms with Gasteiger partial charge in [0, 0.05) is 17.3 Å². The van der Waals surface area contributed by atoms with Gasteiger partial charge in [-0.15, -0.1) is 0 Å². The third-order valence-corrected chi connectivity index (χ3v) is 5.53. The van der Waals surface area contributed by atoms with Crippen LogP contribution < -0.4 is 5.32 Å². The molecule has 2 aromatic carbocycles. The predicted octanol–water partition coefficient (Wildman–Crippen LogP) is 3.35. The first-order valence-corrected chi connectivity index (χ1v) is 10.6. The van der Waals surface area contributed by atoms with Gasteiger partial charge in [0.1, 0.15) is 0 Å². The van der Waals surface area contributed by atoms with E-state index in [-0.39, 0.29) is 19.0 Å². The lowest BCUT2D eigenvalue weighted by atomic mass is 10.1. The van der Waals surface area contributed by atoms with E-state index < -0.39 is 10.0 Å². The third-order valence-electron chi connectivity index (χ3n) is 4.02. The van der Waals surface area contributed by atoms with Crippen LogP contribution >= 0.6 is 11.6 Å². The lowest BCUT2D eigenvalue weighted by molar-refractivity contribution is -0.116. The molecule has 5 nitrogen and oxygen atoms in total. The molecule has 7 heteroatoms. The first-order valence-electron chi connectivity index (χ1n) is 8.37. The predicted molar refractivity (Wildman–Crippen MR) is 106 cm³/mol. The maximum atomic E-state index is 12.4. The number of nitrogens with zero attached hydrogens (tertiary/aromatic N) is 1. The molecule has 0 atom stereocenters. The SMILES string of the molecule is CCc1ccccc1NC(=O)CN(CCc1ccc(Cl)cc1)S(C)(=O)=O. The second kappa shape index (κ2) is 9.16. The van der Waals surface area contributed by atoms with Crippen LogP contribution in [0.5, 0.6) is 0 Å². The molecule has 0 aliphatic carbocycles. The number of amides is 1. The van der Waals surface area contributed by atoms with Gasteiger partial charge >= 0.3 is 0 Å². The van der Waals surface area contributed by atoms with Gasteiger partial charge in [0.25, 0.3) is 0 Å². The number of hydrogen-bond acceptors (Lipinski definition) is 3. The highest BCUT2D eigenvalue weighted by Gasteiger charge is 2.20. The lowest BCUT2D eigenvalue weighted by Gasteiger charge is -2.20. The monoisotopic (exact) mass is 394 g/mol. The smallest absolute Gasteiger partial charge is 0.239 e. The highest BCUT2D eigenvalue weighted by Crippen LogP contribution is 2.16. The Morgan fingerprint density at radius 3 is 2.38 bits per heavy atom. The van der Waals surface area contributed by atoms with Crippen molar-refractivity contribution in [1.29, 1.82) is 0 Å². The Hall–Kier alpha value is -1.89. The summed E-state index contributed by atoms with van der Waals surface area (Å²) in [4.78, 5) is 12.4. The van der Waals surface area contributed by atoms with E-state index in [1.54, 1.807) is 12.1 Å². The zero-order chi connectivity index (χ0) is 19.2. The average Bonchev–Trinajstić information content (AvgIpc) is 2.59. The maximum absolute atomic E-state index is 12.4. The van der Waals surface area contributed by atoms with Crippen LogP contribution in [0.25, 0.3) is 0 Å². The third kappa shape index (κ3) is 6.12. The lowest BCUT2D eigenvalue weighted by Crippen LogP contribution is -2.38. The van der Waals surface area contributed by atoms with Gasteiger partial charge in [-0.25, -0.2) is 8.42 Å². The molecule has 0 saturated carbocycles. The van der Waals surface area contributed by atoms with E-state index >= 15 is 0 Å². The molecule has 0 heterocycles. The summed E-state index contributed by atoms with van der Waals surface area (Å²) in [6, 6.07) is 14.7. The van der Waals surface area contributed by atoms with Crippen molar-refractivity contribution in [2.24, 2.45) is 0 Å². The molecular weight excluding hydrogens is 372 g/mol. The number of aryl methyl sites for hydroxylation is 1. The van der Waals surface area contributed by atoms with E-state index in [1.807, 2.05) is 43.3 Å². The summed E-state index contributed by atoms with van der Waals surface area (Å²) < 4.78 is 25.3. The van der Waals surface area contributed by atoms with Gasteiger partial charge in [-0.3, -0.25) is 4.79 Å². The summed E-state index contributed by atoms with van der Waals surface area (Å²) in [5, 5.41) is 3.43. The fourth-order valence-corrected chi connectivity index (χ4v) is 3.47. The molecule has 26 heavy (non-hydrogen) atoms. The van der Waals surface area contributed by atoms with E-state index in [0.29, 0.717) is 17.1 Å². The number of hydrogen-bond donors (Lipinski definition) is 1. The van der Waals surface area contributed by atoms with Crippen molar-refractivity contribution >= 4 is 33.2 Å². The molecule has 0 unspecified atom stereocenters. The van der Waals surface area contributed by atoms with Crippen molar-refractivity contribution in [2.45, 2.75) is 19.8 Å². The van der Waals surface area contributed by atoms with Crippen LogP contribution in [0.15, 0.2) is 48.5 Å². The minimum Gasteiger partial charge on any atom is -0.325 e. The van der Waals surface area contributed by atoms with Crippen LogP contribution in [0.2, 0.25) is 5.02 Å². The van der Waals surface area contributed by atoms with Crippen molar-refractivity contribution in [3.63, 3.8) is 0 Å². The summed E-state index contributed by atoms with van der Waals surface area (Å²) in [7, 11) is -3.50. The van der Waals surface area contributed by atoms with Crippen molar-refractivity contribution in [3.8, 4) is 0 Å². The minimum absolute atomic E-state index is 0.218. The molecule has 0 radical (unpaired) electrons. The highest BCUT2D eigenvalue weighted by atomic mass is 35.5. The molecule has 0 aromatic heterocycles. The minimum atomic E-state index is -3.50. The van der Waals surface area contributed by atoms with E-state index in [4.69, 9.17) is 11.6 Å². The standard InChI is InChI=1S/C19H23ClN2O3S/c1-3-16-6-4-5-7-18(16)21-19(23)14-22(26(2,24)25)13-12-15-8-10-17(20)11-9-15/h4-11H,3,12-14H2,1-2H3,(H,21,23). The second-order valence-electron chi connectivity index (χ2n) is 6.03. The first-order chi connectivity index (χ1) is 12.3. The normalized spacial score (nSPS) is 11.5. The number of carbonyl (C=O) groups is 1. The largest absolute Gasteiger partial charge is 0.325 e. The summed E-state index contributed by atoms with van der Waals surface area (Å²) in [6.07, 6.45) is 2.40. The summed E-state index contributed by atoms with van der Waals surface area (Å²) >= 11 is 5.86. The molecule has 1 amide bonds. The number of rotatable bonds is 8. The molecule has 0 aliphatic rings. The zero-order valence-corrected chi connectivity index (χ0v) is 16.5. The molecule has 0 bridgehead atoms. The van der Waals surface area contributed by atoms with E-state index in [0.717, 1.165) is 23.8 Å². The Morgan fingerprint density at radius 2 is 1.77 bits per heavy atom. The van der Waals surface area contributed by atoms with Crippen LogP contribution in [0.4, 0.5) is 5.69 Å². The van der Waals surface area contributed by atoms with Crippen LogP contribution in [0.1, 0.15) is 18.1 Å². The molecule has 0 aliphatic heterocycles. The molecule has 140 valence electrons. The van der Waals surface area contributed by atoms with E-state index in [2.05, 4.69) is 5.32 Å². The number of halogens is 1.